The highest BCUT2D eigenvalue weighted by Gasteiger charge is 2.07. The predicted octanol–water partition coefficient (Wildman–Crippen LogP) is 3.04. The molecule has 0 saturated heterocycles. The molecule has 0 fully saturated rings. The Labute approximate surface area is 120 Å². The maximum atomic E-state index is 11.8. The molecule has 0 aliphatic rings. The number of nitrogens with zero attached hydrogens (tertiary/aromatic N) is 1. The van der Waals surface area contributed by atoms with Gasteiger partial charge in [0.05, 0.1) is 0 Å². The number of anilines is 1. The van der Waals surface area contributed by atoms with Gasteiger partial charge >= 0.3 is 0 Å². The normalized spacial score (nSPS) is 10.8. The monoisotopic (exact) mass is 271 g/mol. The number of carbonyl (C=O) groups is 1. The molecule has 1 aromatic carbocycles. The number of nitrogens with one attached hydrogen (secondary N) is 2. The molecule has 0 heterocycles. The van der Waals surface area contributed by atoms with Crippen LogP contribution in [0.25, 0.3) is 0 Å². The highest BCUT2D eigenvalue weighted by Crippen LogP contribution is 2.16. The first kappa shape index (κ1) is 15.8. The van der Waals surface area contributed by atoms with Crippen molar-refractivity contribution < 1.29 is 4.79 Å². The van der Waals surface area contributed by atoms with E-state index in [4.69, 9.17) is 5.26 Å². The predicted molar refractivity (Wildman–Crippen MR) is 81.2 cm³/mol. The molecule has 0 radical (unpaired) electrons. The first-order chi connectivity index (χ1) is 9.58. The van der Waals surface area contributed by atoms with Gasteiger partial charge in [-0.3, -0.25) is 4.79 Å². The van der Waals surface area contributed by atoms with Crippen molar-refractivity contribution in [2.45, 2.75) is 33.6 Å². The van der Waals surface area contributed by atoms with Crippen molar-refractivity contribution >= 4 is 11.6 Å². The lowest BCUT2D eigenvalue weighted by atomic mass is 10.1. The van der Waals surface area contributed by atoms with Gasteiger partial charge in [0.15, 0.2) is 0 Å². The van der Waals surface area contributed by atoms with Gasteiger partial charge in [0.25, 0.3) is 5.91 Å². The fourth-order valence-corrected chi connectivity index (χ4v) is 1.75. The molecule has 0 saturated carbocycles. The molecule has 0 spiro atoms. The summed E-state index contributed by atoms with van der Waals surface area (Å²) in [5, 5.41) is 14.8. The van der Waals surface area contributed by atoms with Gasteiger partial charge < -0.3 is 10.6 Å². The van der Waals surface area contributed by atoms with Crippen LogP contribution in [-0.2, 0) is 4.79 Å². The molecule has 0 bridgehead atoms. The lowest BCUT2D eigenvalue weighted by molar-refractivity contribution is -0.117. The summed E-state index contributed by atoms with van der Waals surface area (Å²) in [4.78, 5) is 11.8. The number of carbonyl (C=O) groups excluding carboxylic acids is 1. The molecule has 0 aliphatic carbocycles. The Morgan fingerprint density at radius 3 is 2.75 bits per heavy atom. The van der Waals surface area contributed by atoms with Crippen molar-refractivity contribution in [3.63, 3.8) is 0 Å². The van der Waals surface area contributed by atoms with E-state index in [1.54, 1.807) is 0 Å². The Hall–Kier alpha value is -2.28. The van der Waals surface area contributed by atoms with Crippen LogP contribution in [0.3, 0.4) is 0 Å². The van der Waals surface area contributed by atoms with Crippen LogP contribution >= 0.6 is 0 Å². The zero-order valence-electron chi connectivity index (χ0n) is 12.3. The molecule has 4 nitrogen and oxygen atoms in total. The molecule has 0 unspecified atom stereocenters. The molecule has 1 aromatic rings. The lowest BCUT2D eigenvalue weighted by Gasteiger charge is -2.07. The SMILES string of the molecule is CCCCNC(=O)/C(C#N)=C\Nc1ccc(C)cc1C. The van der Waals surface area contributed by atoms with E-state index in [9.17, 15) is 4.79 Å². The van der Waals surface area contributed by atoms with Crippen molar-refractivity contribution in [3.8, 4) is 6.07 Å². The largest absolute Gasteiger partial charge is 0.360 e. The summed E-state index contributed by atoms with van der Waals surface area (Å²) in [6.07, 6.45) is 3.38. The minimum atomic E-state index is -0.335. The maximum absolute atomic E-state index is 11.8. The molecule has 0 aliphatic heterocycles. The molecule has 2 N–H and O–H groups in total. The van der Waals surface area contributed by atoms with E-state index in [1.807, 2.05) is 38.1 Å². The highest BCUT2D eigenvalue weighted by molar-refractivity contribution is 5.97. The second-order valence-corrected chi connectivity index (χ2v) is 4.74. The van der Waals surface area contributed by atoms with Crippen molar-refractivity contribution in [2.24, 2.45) is 0 Å². The van der Waals surface area contributed by atoms with Crippen LogP contribution < -0.4 is 10.6 Å². The number of rotatable bonds is 6. The van der Waals surface area contributed by atoms with Gasteiger partial charge in [-0.2, -0.15) is 5.26 Å². The summed E-state index contributed by atoms with van der Waals surface area (Å²) in [6, 6.07) is 7.88. The Morgan fingerprint density at radius 2 is 2.15 bits per heavy atom. The third-order valence-corrected chi connectivity index (χ3v) is 2.93. The number of nitriles is 1. The summed E-state index contributed by atoms with van der Waals surface area (Å²) in [6.45, 7) is 6.65. The van der Waals surface area contributed by atoms with Gasteiger partial charge in [0.2, 0.25) is 0 Å². The van der Waals surface area contributed by atoms with E-state index in [0.717, 1.165) is 24.1 Å². The van der Waals surface area contributed by atoms with E-state index >= 15 is 0 Å². The average Bonchev–Trinajstić information content (AvgIpc) is 2.42. The van der Waals surface area contributed by atoms with E-state index in [2.05, 4.69) is 17.6 Å². The van der Waals surface area contributed by atoms with Gasteiger partial charge in [-0.05, 0) is 31.9 Å². The first-order valence-corrected chi connectivity index (χ1v) is 6.80. The summed E-state index contributed by atoms with van der Waals surface area (Å²) >= 11 is 0. The van der Waals surface area contributed by atoms with E-state index in [-0.39, 0.29) is 11.5 Å². The van der Waals surface area contributed by atoms with Crippen molar-refractivity contribution in [2.75, 3.05) is 11.9 Å². The smallest absolute Gasteiger partial charge is 0.263 e. The number of benzene rings is 1. The molecule has 1 rings (SSSR count). The Balaban J connectivity index is 2.70. The fourth-order valence-electron chi connectivity index (χ4n) is 1.75. The van der Waals surface area contributed by atoms with E-state index < -0.39 is 0 Å². The second-order valence-electron chi connectivity index (χ2n) is 4.74. The van der Waals surface area contributed by atoms with Crippen molar-refractivity contribution in [1.82, 2.24) is 5.32 Å². The molecule has 106 valence electrons. The van der Waals surface area contributed by atoms with Crippen LogP contribution in [0.1, 0.15) is 30.9 Å². The molecule has 4 heteroatoms. The van der Waals surface area contributed by atoms with Crippen LogP contribution in [0.4, 0.5) is 5.69 Å². The highest BCUT2D eigenvalue weighted by atomic mass is 16.1. The average molecular weight is 271 g/mol. The minimum absolute atomic E-state index is 0.0843. The maximum Gasteiger partial charge on any atom is 0.263 e. The van der Waals surface area contributed by atoms with Gasteiger partial charge in [-0.15, -0.1) is 0 Å². The second kappa shape index (κ2) is 8.00. The minimum Gasteiger partial charge on any atom is -0.360 e. The Kier molecular flexibility index (Phi) is 6.31. The summed E-state index contributed by atoms with van der Waals surface area (Å²) in [7, 11) is 0. The Morgan fingerprint density at radius 1 is 1.40 bits per heavy atom. The molecular formula is C16H21N3O. The summed E-state index contributed by atoms with van der Waals surface area (Å²) < 4.78 is 0. The molecule has 0 atom stereocenters. The topological polar surface area (TPSA) is 64.9 Å². The summed E-state index contributed by atoms with van der Waals surface area (Å²) in [5.74, 6) is -0.335. The van der Waals surface area contributed by atoms with Gasteiger partial charge in [0, 0.05) is 18.4 Å². The number of amides is 1. The van der Waals surface area contributed by atoms with E-state index in [0.29, 0.717) is 6.54 Å². The van der Waals surface area contributed by atoms with E-state index in [1.165, 1.54) is 11.8 Å². The lowest BCUT2D eigenvalue weighted by Crippen LogP contribution is -2.25. The standard InChI is InChI=1S/C16H21N3O/c1-4-5-8-18-16(20)14(10-17)11-19-15-7-6-12(2)9-13(15)3/h6-7,9,11,19H,4-5,8H2,1-3H3,(H,18,20)/b14-11-. The quantitative estimate of drug-likeness (QED) is 0.475. The fraction of sp³-hybridized carbons (Fsp3) is 0.375. The molecule has 0 aromatic heterocycles. The number of aryl methyl sites for hydroxylation is 2. The molecular weight excluding hydrogens is 250 g/mol. The van der Waals surface area contributed by atoms with Crippen LogP contribution in [0.2, 0.25) is 0 Å². The number of unbranched alkanes of at least 4 members (excludes halogenated alkanes) is 1. The van der Waals surface area contributed by atoms with Gasteiger partial charge in [-0.25, -0.2) is 0 Å². The van der Waals surface area contributed by atoms with Crippen LogP contribution in [-0.4, -0.2) is 12.5 Å². The van der Waals surface area contributed by atoms with Crippen LogP contribution in [0.5, 0.6) is 0 Å². The number of hydrogen-bond donors (Lipinski definition) is 2. The zero-order chi connectivity index (χ0) is 15.0. The van der Waals surface area contributed by atoms with Crippen LogP contribution in [0, 0.1) is 25.2 Å². The third-order valence-electron chi connectivity index (χ3n) is 2.93. The molecule has 20 heavy (non-hydrogen) atoms. The van der Waals surface area contributed by atoms with Crippen molar-refractivity contribution in [1.29, 1.82) is 5.26 Å². The summed E-state index contributed by atoms with van der Waals surface area (Å²) in [5.41, 5.74) is 3.23. The first-order valence-electron chi connectivity index (χ1n) is 6.80. The molecule has 1 amide bonds. The van der Waals surface area contributed by atoms with Crippen LogP contribution in [0.15, 0.2) is 30.0 Å². The third kappa shape index (κ3) is 4.77. The number of hydrogen-bond acceptors (Lipinski definition) is 3. The van der Waals surface area contributed by atoms with Gasteiger partial charge in [-0.1, -0.05) is 31.0 Å². The van der Waals surface area contributed by atoms with Gasteiger partial charge in [0.1, 0.15) is 11.6 Å². The van der Waals surface area contributed by atoms with Crippen molar-refractivity contribution in [3.05, 3.63) is 41.1 Å². The zero-order valence-corrected chi connectivity index (χ0v) is 12.3. The Bertz CT molecular complexity index is 541.